The zero-order valence-electron chi connectivity index (χ0n) is 8.97. The first-order valence-corrected chi connectivity index (χ1v) is 4.85. The molecule has 16 heavy (non-hydrogen) atoms. The van der Waals surface area contributed by atoms with E-state index in [1.165, 1.54) is 25.3 Å². The maximum Gasteiger partial charge on any atom is 0.393 e. The fraction of sp³-hybridized carbons (Fsp3) is 0.455. The molecule has 0 amide bonds. The minimum Gasteiger partial charge on any atom is -0.399 e. The number of anilines is 1. The van der Waals surface area contributed by atoms with E-state index in [-0.39, 0.29) is 5.56 Å². The van der Waals surface area contributed by atoms with Gasteiger partial charge < -0.3 is 10.5 Å². The van der Waals surface area contributed by atoms with Crippen LogP contribution >= 0.6 is 0 Å². The zero-order chi connectivity index (χ0) is 12.2. The van der Waals surface area contributed by atoms with E-state index in [1.54, 1.807) is 0 Å². The summed E-state index contributed by atoms with van der Waals surface area (Å²) in [6.45, 7) is 0.444. The topological polar surface area (TPSA) is 35.2 Å². The number of alkyl halides is 3. The molecule has 0 fully saturated rings. The Morgan fingerprint density at radius 1 is 1.31 bits per heavy atom. The third kappa shape index (κ3) is 4.10. The van der Waals surface area contributed by atoms with Crippen LogP contribution in [0.5, 0.6) is 0 Å². The molecule has 0 radical (unpaired) electrons. The van der Waals surface area contributed by atoms with Crippen molar-refractivity contribution >= 4 is 5.69 Å². The van der Waals surface area contributed by atoms with Crippen molar-refractivity contribution in [3.63, 3.8) is 0 Å². The fourth-order valence-corrected chi connectivity index (χ4v) is 1.43. The lowest BCUT2D eigenvalue weighted by atomic mass is 10.0. The maximum absolute atomic E-state index is 12.2. The number of ether oxygens (including phenoxy) is 1. The van der Waals surface area contributed by atoms with E-state index in [0.717, 1.165) is 0 Å². The number of methoxy groups -OCH3 is 1. The summed E-state index contributed by atoms with van der Waals surface area (Å²) >= 11 is 0. The largest absolute Gasteiger partial charge is 0.399 e. The molecule has 2 N–H and O–H groups in total. The highest BCUT2D eigenvalue weighted by Gasteiger charge is 2.27. The van der Waals surface area contributed by atoms with Crippen LogP contribution in [0.15, 0.2) is 18.2 Å². The van der Waals surface area contributed by atoms with Crippen LogP contribution in [-0.4, -0.2) is 19.9 Å². The molecule has 2 nitrogen and oxygen atoms in total. The van der Waals surface area contributed by atoms with Gasteiger partial charge >= 0.3 is 6.18 Å². The van der Waals surface area contributed by atoms with Crippen molar-refractivity contribution in [2.24, 2.45) is 0 Å². The van der Waals surface area contributed by atoms with Gasteiger partial charge in [0.1, 0.15) is 0 Å². The lowest BCUT2D eigenvalue weighted by molar-refractivity contribution is -0.127. The number of benzene rings is 1. The maximum atomic E-state index is 12.2. The van der Waals surface area contributed by atoms with Crippen LogP contribution < -0.4 is 5.73 Å². The standard InChI is InChI=1S/C11H14F3NO/c1-16-5-4-9-6-8(2-3-10(9)15)7-11(12,13)14/h2-3,6H,4-5,7,15H2,1H3. The minimum atomic E-state index is -4.19. The molecule has 90 valence electrons. The lowest BCUT2D eigenvalue weighted by Crippen LogP contribution is -2.12. The van der Waals surface area contributed by atoms with Crippen LogP contribution in [0.25, 0.3) is 0 Å². The molecule has 0 atom stereocenters. The van der Waals surface area contributed by atoms with Gasteiger partial charge in [-0.15, -0.1) is 0 Å². The Balaban J connectivity index is 2.81. The highest BCUT2D eigenvalue weighted by molar-refractivity contribution is 5.48. The average molecular weight is 233 g/mol. The summed E-state index contributed by atoms with van der Waals surface area (Å²) in [5.74, 6) is 0. The Morgan fingerprint density at radius 2 is 2.00 bits per heavy atom. The van der Waals surface area contributed by atoms with Crippen molar-refractivity contribution in [3.8, 4) is 0 Å². The van der Waals surface area contributed by atoms with Gasteiger partial charge in [0, 0.05) is 12.8 Å². The Bertz CT molecular complexity index is 350. The predicted octanol–water partition coefficient (Wildman–Crippen LogP) is 2.56. The normalized spacial score (nSPS) is 11.8. The van der Waals surface area contributed by atoms with Gasteiger partial charge in [0.05, 0.1) is 13.0 Å². The van der Waals surface area contributed by atoms with E-state index >= 15 is 0 Å². The van der Waals surface area contributed by atoms with Gasteiger partial charge in [0.2, 0.25) is 0 Å². The highest BCUT2D eigenvalue weighted by atomic mass is 19.4. The molecule has 1 aromatic rings. The average Bonchev–Trinajstić information content (AvgIpc) is 2.17. The van der Waals surface area contributed by atoms with E-state index in [4.69, 9.17) is 10.5 Å². The summed E-state index contributed by atoms with van der Waals surface area (Å²) < 4.78 is 41.4. The number of hydrogen-bond acceptors (Lipinski definition) is 2. The lowest BCUT2D eigenvalue weighted by Gasteiger charge is -2.10. The van der Waals surface area contributed by atoms with Crippen molar-refractivity contribution in [2.75, 3.05) is 19.5 Å². The Morgan fingerprint density at radius 3 is 2.56 bits per heavy atom. The molecule has 1 aromatic carbocycles. The first kappa shape index (κ1) is 12.8. The number of nitrogen functional groups attached to an aromatic ring is 1. The van der Waals surface area contributed by atoms with Gasteiger partial charge in [-0.1, -0.05) is 12.1 Å². The Kier molecular flexibility index (Phi) is 4.18. The van der Waals surface area contributed by atoms with Gasteiger partial charge in [-0.2, -0.15) is 13.2 Å². The molecule has 0 bridgehead atoms. The molecule has 0 aliphatic heterocycles. The van der Waals surface area contributed by atoms with Gasteiger partial charge in [-0.3, -0.25) is 0 Å². The summed E-state index contributed by atoms with van der Waals surface area (Å²) in [7, 11) is 1.54. The number of rotatable bonds is 4. The van der Waals surface area contributed by atoms with Gasteiger partial charge in [0.25, 0.3) is 0 Å². The van der Waals surface area contributed by atoms with Crippen molar-refractivity contribution in [3.05, 3.63) is 29.3 Å². The van der Waals surface area contributed by atoms with Gasteiger partial charge in [-0.25, -0.2) is 0 Å². The smallest absolute Gasteiger partial charge is 0.393 e. The van der Waals surface area contributed by atoms with Gasteiger partial charge in [0.15, 0.2) is 0 Å². The third-order valence-corrected chi connectivity index (χ3v) is 2.19. The molecule has 0 aromatic heterocycles. The van der Waals surface area contributed by atoms with Crippen molar-refractivity contribution < 1.29 is 17.9 Å². The molecular weight excluding hydrogens is 219 g/mol. The molecule has 0 unspecified atom stereocenters. The van der Waals surface area contributed by atoms with E-state index in [1.807, 2.05) is 0 Å². The molecule has 0 saturated carbocycles. The van der Waals surface area contributed by atoms with Crippen molar-refractivity contribution in [1.82, 2.24) is 0 Å². The number of hydrogen-bond donors (Lipinski definition) is 1. The molecule has 0 aliphatic rings. The summed E-state index contributed by atoms with van der Waals surface area (Å²) in [5.41, 5.74) is 7.09. The van der Waals surface area contributed by atoms with E-state index in [9.17, 15) is 13.2 Å². The summed E-state index contributed by atoms with van der Waals surface area (Å²) in [5, 5.41) is 0. The van der Waals surface area contributed by atoms with Crippen LogP contribution in [0.1, 0.15) is 11.1 Å². The van der Waals surface area contributed by atoms with Gasteiger partial charge in [-0.05, 0) is 23.6 Å². The predicted molar refractivity (Wildman–Crippen MR) is 56.2 cm³/mol. The molecule has 5 heteroatoms. The Labute approximate surface area is 92.2 Å². The first-order valence-electron chi connectivity index (χ1n) is 4.85. The van der Waals surface area contributed by atoms with Crippen molar-refractivity contribution in [2.45, 2.75) is 19.0 Å². The van der Waals surface area contributed by atoms with E-state index < -0.39 is 12.6 Å². The van der Waals surface area contributed by atoms with E-state index in [0.29, 0.717) is 24.3 Å². The Hall–Kier alpha value is -1.23. The summed E-state index contributed by atoms with van der Waals surface area (Å²) in [4.78, 5) is 0. The SMILES string of the molecule is COCCc1cc(CC(F)(F)F)ccc1N. The number of halogens is 3. The monoisotopic (exact) mass is 233 g/mol. The second-order valence-electron chi connectivity index (χ2n) is 3.57. The quantitative estimate of drug-likeness (QED) is 0.811. The highest BCUT2D eigenvalue weighted by Crippen LogP contribution is 2.23. The number of nitrogens with two attached hydrogens (primary N) is 1. The molecular formula is C11H14F3NO. The van der Waals surface area contributed by atoms with Crippen LogP contribution in [0.4, 0.5) is 18.9 Å². The van der Waals surface area contributed by atoms with Crippen LogP contribution in [0.3, 0.4) is 0 Å². The van der Waals surface area contributed by atoms with Crippen molar-refractivity contribution in [1.29, 1.82) is 0 Å². The molecule has 0 heterocycles. The third-order valence-electron chi connectivity index (χ3n) is 2.19. The minimum absolute atomic E-state index is 0.229. The van der Waals surface area contributed by atoms with Crippen LogP contribution in [0, 0.1) is 0 Å². The summed E-state index contributed by atoms with van der Waals surface area (Å²) in [6.07, 6.45) is -4.59. The molecule has 0 saturated heterocycles. The van der Waals surface area contributed by atoms with E-state index in [2.05, 4.69) is 0 Å². The van der Waals surface area contributed by atoms with Crippen LogP contribution in [0.2, 0.25) is 0 Å². The van der Waals surface area contributed by atoms with Crippen LogP contribution in [-0.2, 0) is 17.6 Å². The molecule has 0 aliphatic carbocycles. The second-order valence-corrected chi connectivity index (χ2v) is 3.57. The first-order chi connectivity index (χ1) is 7.42. The summed E-state index contributed by atoms with van der Waals surface area (Å²) in [6, 6.07) is 4.40. The second kappa shape index (κ2) is 5.21. The fourth-order valence-electron chi connectivity index (χ4n) is 1.43. The molecule has 1 rings (SSSR count). The zero-order valence-corrected chi connectivity index (χ0v) is 8.97. The molecule has 0 spiro atoms.